The number of H-pyrrole nitrogens is 1. The van der Waals surface area contributed by atoms with Crippen molar-refractivity contribution in [1.82, 2.24) is 4.98 Å². The van der Waals surface area contributed by atoms with Crippen molar-refractivity contribution in [2.24, 2.45) is 0 Å². The van der Waals surface area contributed by atoms with Gasteiger partial charge in [0, 0.05) is 22.2 Å². The van der Waals surface area contributed by atoms with Crippen LogP contribution < -0.4 is 5.32 Å². The number of para-hydroxylation sites is 2. The predicted octanol–water partition coefficient (Wildman–Crippen LogP) is 2.86. The number of benzene rings is 2. The minimum absolute atomic E-state index is 0.455. The van der Waals surface area contributed by atoms with Gasteiger partial charge < -0.3 is 15.4 Å². The zero-order chi connectivity index (χ0) is 14.8. The van der Waals surface area contributed by atoms with Gasteiger partial charge in [0.1, 0.15) is 0 Å². The lowest BCUT2D eigenvalue weighted by molar-refractivity contribution is -0.147. The van der Waals surface area contributed by atoms with Crippen LogP contribution in [0.1, 0.15) is 0 Å². The molecule has 0 aliphatic rings. The molecule has 3 aromatic rings. The SMILES string of the molecule is O=C(O)C(=O)Nc1ccccc1-c1cc2ccccc2[nH]1. The number of rotatable bonds is 2. The van der Waals surface area contributed by atoms with Crippen molar-refractivity contribution in [3.8, 4) is 11.3 Å². The molecule has 0 aliphatic heterocycles. The Morgan fingerprint density at radius 2 is 1.71 bits per heavy atom. The molecule has 104 valence electrons. The Labute approximate surface area is 120 Å². The van der Waals surface area contributed by atoms with Gasteiger partial charge in [0.25, 0.3) is 0 Å². The molecule has 1 amide bonds. The lowest BCUT2D eigenvalue weighted by atomic mass is 10.1. The van der Waals surface area contributed by atoms with Crippen LogP contribution in [0.3, 0.4) is 0 Å². The summed E-state index contributed by atoms with van der Waals surface area (Å²) in [6, 6.07) is 16.8. The fraction of sp³-hybridized carbons (Fsp3) is 0. The van der Waals surface area contributed by atoms with Crippen LogP contribution in [-0.2, 0) is 9.59 Å². The van der Waals surface area contributed by atoms with Gasteiger partial charge in [-0.3, -0.25) is 4.79 Å². The Bertz CT molecular complexity index is 803. The van der Waals surface area contributed by atoms with Crippen LogP contribution in [0.25, 0.3) is 22.2 Å². The maximum absolute atomic E-state index is 11.3. The maximum Gasteiger partial charge on any atom is 0.394 e. The van der Waals surface area contributed by atoms with Crippen LogP contribution in [0, 0.1) is 0 Å². The van der Waals surface area contributed by atoms with Crippen molar-refractivity contribution in [3.05, 3.63) is 54.6 Å². The van der Waals surface area contributed by atoms with Crippen LogP contribution in [0.15, 0.2) is 54.6 Å². The molecule has 0 fully saturated rings. The molecule has 0 saturated carbocycles. The Hall–Kier alpha value is -3.08. The van der Waals surface area contributed by atoms with E-state index in [0.717, 1.165) is 22.2 Å². The molecule has 5 nitrogen and oxygen atoms in total. The van der Waals surface area contributed by atoms with Gasteiger partial charge >= 0.3 is 11.9 Å². The van der Waals surface area contributed by atoms with E-state index in [0.29, 0.717) is 5.69 Å². The number of carbonyl (C=O) groups is 2. The van der Waals surface area contributed by atoms with E-state index >= 15 is 0 Å². The van der Waals surface area contributed by atoms with E-state index in [1.165, 1.54) is 0 Å². The monoisotopic (exact) mass is 280 g/mol. The molecule has 5 heteroatoms. The number of amides is 1. The number of aromatic amines is 1. The largest absolute Gasteiger partial charge is 0.474 e. The molecule has 0 spiro atoms. The van der Waals surface area contributed by atoms with E-state index in [1.807, 2.05) is 42.5 Å². The van der Waals surface area contributed by atoms with Gasteiger partial charge in [-0.25, -0.2) is 4.79 Å². The Balaban J connectivity index is 2.05. The normalized spacial score (nSPS) is 10.5. The first-order valence-corrected chi connectivity index (χ1v) is 6.36. The van der Waals surface area contributed by atoms with Crippen LogP contribution >= 0.6 is 0 Å². The standard InChI is InChI=1S/C16H12N2O3/c19-15(16(20)21)18-13-8-4-2-6-11(13)14-9-10-5-1-3-7-12(10)17-14/h1-9,17H,(H,18,19)(H,20,21). The van der Waals surface area contributed by atoms with E-state index < -0.39 is 11.9 Å². The highest BCUT2D eigenvalue weighted by molar-refractivity contribution is 6.36. The number of hydrogen-bond acceptors (Lipinski definition) is 2. The second-order valence-electron chi connectivity index (χ2n) is 4.58. The van der Waals surface area contributed by atoms with E-state index in [9.17, 15) is 9.59 Å². The first-order chi connectivity index (χ1) is 10.1. The highest BCUT2D eigenvalue weighted by atomic mass is 16.4. The number of aliphatic carboxylic acids is 1. The molecule has 21 heavy (non-hydrogen) atoms. The molecule has 3 N–H and O–H groups in total. The van der Waals surface area contributed by atoms with Crippen molar-refractivity contribution in [2.45, 2.75) is 0 Å². The van der Waals surface area contributed by atoms with Gasteiger partial charge in [-0.1, -0.05) is 36.4 Å². The first-order valence-electron chi connectivity index (χ1n) is 6.36. The second-order valence-corrected chi connectivity index (χ2v) is 4.58. The lowest BCUT2D eigenvalue weighted by Gasteiger charge is -2.08. The summed E-state index contributed by atoms with van der Waals surface area (Å²) < 4.78 is 0. The van der Waals surface area contributed by atoms with E-state index in [1.54, 1.807) is 12.1 Å². The number of hydrogen-bond donors (Lipinski definition) is 3. The van der Waals surface area contributed by atoms with Gasteiger partial charge in [-0.15, -0.1) is 0 Å². The Morgan fingerprint density at radius 1 is 1.00 bits per heavy atom. The highest BCUT2D eigenvalue weighted by Crippen LogP contribution is 2.29. The summed E-state index contributed by atoms with van der Waals surface area (Å²) in [6.07, 6.45) is 0. The average Bonchev–Trinajstić information content (AvgIpc) is 2.91. The van der Waals surface area contributed by atoms with Crippen LogP contribution in [0.5, 0.6) is 0 Å². The topological polar surface area (TPSA) is 82.2 Å². The number of carboxylic acids is 1. The number of aromatic nitrogens is 1. The van der Waals surface area contributed by atoms with Crippen LogP contribution in [0.4, 0.5) is 5.69 Å². The van der Waals surface area contributed by atoms with Crippen molar-refractivity contribution in [3.63, 3.8) is 0 Å². The summed E-state index contributed by atoms with van der Waals surface area (Å²) in [7, 11) is 0. The van der Waals surface area contributed by atoms with Gasteiger partial charge in [0.2, 0.25) is 0 Å². The van der Waals surface area contributed by atoms with Crippen molar-refractivity contribution in [1.29, 1.82) is 0 Å². The number of nitrogens with one attached hydrogen (secondary N) is 2. The summed E-state index contributed by atoms with van der Waals surface area (Å²) in [5.41, 5.74) is 2.99. The Morgan fingerprint density at radius 3 is 2.48 bits per heavy atom. The van der Waals surface area contributed by atoms with Gasteiger partial charge in [0.05, 0.1) is 5.69 Å². The predicted molar refractivity (Wildman–Crippen MR) is 80.0 cm³/mol. The van der Waals surface area contributed by atoms with E-state index in [-0.39, 0.29) is 0 Å². The third kappa shape index (κ3) is 2.49. The summed E-state index contributed by atoms with van der Waals surface area (Å²) in [4.78, 5) is 25.3. The number of carboxylic acid groups (broad SMARTS) is 1. The third-order valence-electron chi connectivity index (χ3n) is 3.19. The van der Waals surface area contributed by atoms with E-state index in [4.69, 9.17) is 5.11 Å². The molecule has 0 atom stereocenters. The minimum Gasteiger partial charge on any atom is -0.474 e. The molecule has 0 aliphatic carbocycles. The van der Waals surface area contributed by atoms with Crippen LogP contribution in [0.2, 0.25) is 0 Å². The number of carbonyl (C=O) groups excluding carboxylic acids is 1. The number of anilines is 1. The molecule has 0 bridgehead atoms. The Kier molecular flexibility index (Phi) is 3.16. The summed E-state index contributed by atoms with van der Waals surface area (Å²) >= 11 is 0. The fourth-order valence-corrected chi connectivity index (χ4v) is 2.22. The molecule has 1 aromatic heterocycles. The highest BCUT2D eigenvalue weighted by Gasteiger charge is 2.14. The molecule has 0 radical (unpaired) electrons. The average molecular weight is 280 g/mol. The van der Waals surface area contributed by atoms with Gasteiger partial charge in [-0.05, 0) is 18.2 Å². The van der Waals surface area contributed by atoms with Crippen molar-refractivity contribution < 1.29 is 14.7 Å². The van der Waals surface area contributed by atoms with Crippen molar-refractivity contribution >= 4 is 28.5 Å². The maximum atomic E-state index is 11.3. The smallest absolute Gasteiger partial charge is 0.394 e. The molecule has 2 aromatic carbocycles. The molecule has 1 heterocycles. The lowest BCUT2D eigenvalue weighted by Crippen LogP contribution is -2.22. The quantitative estimate of drug-likeness (QED) is 0.631. The van der Waals surface area contributed by atoms with E-state index in [2.05, 4.69) is 10.3 Å². The summed E-state index contributed by atoms with van der Waals surface area (Å²) in [5.74, 6) is -2.57. The first kappa shape index (κ1) is 12.9. The molecule has 3 rings (SSSR count). The second kappa shape index (κ2) is 5.13. The van der Waals surface area contributed by atoms with Gasteiger partial charge in [0.15, 0.2) is 0 Å². The van der Waals surface area contributed by atoms with Crippen molar-refractivity contribution in [2.75, 3.05) is 5.32 Å². The third-order valence-corrected chi connectivity index (χ3v) is 3.19. The molecule has 0 unspecified atom stereocenters. The molecule has 0 saturated heterocycles. The summed E-state index contributed by atoms with van der Waals surface area (Å²) in [6.45, 7) is 0. The van der Waals surface area contributed by atoms with Crippen LogP contribution in [-0.4, -0.2) is 22.0 Å². The summed E-state index contributed by atoms with van der Waals surface area (Å²) in [5, 5.41) is 12.1. The zero-order valence-corrected chi connectivity index (χ0v) is 11.0. The fourth-order valence-electron chi connectivity index (χ4n) is 2.22. The zero-order valence-electron chi connectivity index (χ0n) is 11.0. The number of fused-ring (bicyclic) bond motifs is 1. The molecular weight excluding hydrogens is 268 g/mol. The minimum atomic E-state index is -1.51. The van der Waals surface area contributed by atoms with Gasteiger partial charge in [-0.2, -0.15) is 0 Å². The molecular formula is C16H12N2O3.